The summed E-state index contributed by atoms with van der Waals surface area (Å²) in [6.07, 6.45) is 0. The topological polar surface area (TPSA) is 9.23 Å². The van der Waals surface area contributed by atoms with Crippen LogP contribution < -0.4 is 4.74 Å². The first-order chi connectivity index (χ1) is 6.70. The smallest absolute Gasteiger partial charge is 0.126 e. The molecule has 1 heteroatoms. The molecule has 0 amide bonds. The minimum absolute atomic E-state index is 0.962. The number of rotatable bonds is 1. The van der Waals surface area contributed by atoms with E-state index in [1.807, 2.05) is 0 Å². The molecule has 14 heavy (non-hydrogen) atoms. The summed E-state index contributed by atoms with van der Waals surface area (Å²) in [6, 6.07) is 10.7. The van der Waals surface area contributed by atoms with E-state index in [-0.39, 0.29) is 0 Å². The van der Waals surface area contributed by atoms with Gasteiger partial charge in [-0.3, -0.25) is 0 Å². The lowest BCUT2D eigenvalue weighted by Gasteiger charge is -2.07. The van der Waals surface area contributed by atoms with E-state index in [0.717, 1.165) is 5.75 Å². The van der Waals surface area contributed by atoms with Crippen molar-refractivity contribution in [1.29, 1.82) is 0 Å². The zero-order valence-corrected chi connectivity index (χ0v) is 8.79. The zero-order chi connectivity index (χ0) is 10.1. The largest absolute Gasteiger partial charge is 0.496 e. The molecule has 0 saturated carbocycles. The second-order valence-corrected chi connectivity index (χ2v) is 3.69. The Morgan fingerprint density at radius 2 is 1.71 bits per heavy atom. The van der Waals surface area contributed by atoms with E-state index in [4.69, 9.17) is 4.74 Å². The van der Waals surface area contributed by atoms with Gasteiger partial charge < -0.3 is 4.74 Å². The van der Waals surface area contributed by atoms with E-state index in [9.17, 15) is 0 Å². The minimum atomic E-state index is 0.962. The molecule has 0 radical (unpaired) electrons. The maximum absolute atomic E-state index is 5.36. The summed E-state index contributed by atoms with van der Waals surface area (Å²) >= 11 is 0. The predicted molar refractivity (Wildman–Crippen MR) is 60.0 cm³/mol. The van der Waals surface area contributed by atoms with Crippen LogP contribution in [0.5, 0.6) is 5.75 Å². The summed E-state index contributed by atoms with van der Waals surface area (Å²) in [4.78, 5) is 0. The number of hydrogen-bond donors (Lipinski definition) is 0. The number of ether oxygens (including phenoxy) is 1. The molecule has 0 spiro atoms. The van der Waals surface area contributed by atoms with Crippen LogP contribution in [0.15, 0.2) is 30.3 Å². The highest BCUT2D eigenvalue weighted by Crippen LogP contribution is 2.27. The van der Waals surface area contributed by atoms with E-state index in [0.29, 0.717) is 0 Å². The van der Waals surface area contributed by atoms with Gasteiger partial charge in [-0.05, 0) is 36.9 Å². The Bertz CT molecular complexity index is 472. The van der Waals surface area contributed by atoms with Gasteiger partial charge in [0.05, 0.1) is 7.11 Å². The molecule has 0 unspecified atom stereocenters. The predicted octanol–water partition coefficient (Wildman–Crippen LogP) is 3.47. The third-order valence-electron chi connectivity index (χ3n) is 2.44. The van der Waals surface area contributed by atoms with Crippen molar-refractivity contribution in [3.63, 3.8) is 0 Å². The van der Waals surface area contributed by atoms with Crippen molar-refractivity contribution < 1.29 is 4.74 Å². The van der Waals surface area contributed by atoms with Gasteiger partial charge in [-0.25, -0.2) is 0 Å². The average Bonchev–Trinajstić information content (AvgIpc) is 2.17. The second-order valence-electron chi connectivity index (χ2n) is 3.69. The van der Waals surface area contributed by atoms with Crippen molar-refractivity contribution in [3.8, 4) is 5.75 Å². The highest BCUT2D eigenvalue weighted by atomic mass is 16.5. The molecule has 0 atom stereocenters. The molecule has 2 aromatic carbocycles. The van der Waals surface area contributed by atoms with Gasteiger partial charge in [0.1, 0.15) is 5.75 Å². The SMILES string of the molecule is COc1cc(C)cc2ccc(C)cc12. The Morgan fingerprint density at radius 1 is 0.929 bits per heavy atom. The van der Waals surface area contributed by atoms with Crippen molar-refractivity contribution in [3.05, 3.63) is 41.5 Å². The molecule has 0 aromatic heterocycles. The molecule has 2 rings (SSSR count). The number of fused-ring (bicyclic) bond motifs is 1. The Kier molecular flexibility index (Phi) is 2.16. The summed E-state index contributed by atoms with van der Waals surface area (Å²) in [5.41, 5.74) is 2.50. The maximum atomic E-state index is 5.36. The van der Waals surface area contributed by atoms with Crippen LogP contribution in [0.4, 0.5) is 0 Å². The quantitative estimate of drug-likeness (QED) is 0.662. The fraction of sp³-hybridized carbons (Fsp3) is 0.231. The Morgan fingerprint density at radius 3 is 2.43 bits per heavy atom. The summed E-state index contributed by atoms with van der Waals surface area (Å²) in [5.74, 6) is 0.962. The molecule has 0 bridgehead atoms. The van der Waals surface area contributed by atoms with Gasteiger partial charge in [0.25, 0.3) is 0 Å². The van der Waals surface area contributed by atoms with E-state index in [2.05, 4.69) is 44.2 Å². The first-order valence-corrected chi connectivity index (χ1v) is 4.76. The average molecular weight is 186 g/mol. The molecule has 0 N–H and O–H groups in total. The summed E-state index contributed by atoms with van der Waals surface area (Å²) < 4.78 is 5.36. The minimum Gasteiger partial charge on any atom is -0.496 e. The third kappa shape index (κ3) is 1.46. The van der Waals surface area contributed by atoms with E-state index < -0.39 is 0 Å². The Balaban J connectivity index is 2.81. The molecular weight excluding hydrogens is 172 g/mol. The van der Waals surface area contributed by atoms with Crippen molar-refractivity contribution in [2.24, 2.45) is 0 Å². The van der Waals surface area contributed by atoms with Gasteiger partial charge in [-0.15, -0.1) is 0 Å². The standard InChI is InChI=1S/C13H14O/c1-9-4-5-11-6-10(2)8-13(14-3)12(11)7-9/h4-8H,1-3H3. The molecule has 0 aliphatic heterocycles. The maximum Gasteiger partial charge on any atom is 0.126 e. The molecule has 0 fully saturated rings. The van der Waals surface area contributed by atoms with Crippen LogP contribution in [0.25, 0.3) is 10.8 Å². The Labute approximate surface area is 84.3 Å². The van der Waals surface area contributed by atoms with Crippen molar-refractivity contribution in [2.45, 2.75) is 13.8 Å². The second kappa shape index (κ2) is 3.33. The van der Waals surface area contributed by atoms with Crippen LogP contribution in [0.3, 0.4) is 0 Å². The van der Waals surface area contributed by atoms with E-state index in [1.54, 1.807) is 7.11 Å². The zero-order valence-electron chi connectivity index (χ0n) is 8.79. The fourth-order valence-electron chi connectivity index (χ4n) is 1.75. The summed E-state index contributed by atoms with van der Waals surface area (Å²) in [5, 5.41) is 2.44. The van der Waals surface area contributed by atoms with Gasteiger partial charge in [0.15, 0.2) is 0 Å². The van der Waals surface area contributed by atoms with Crippen molar-refractivity contribution in [2.75, 3.05) is 7.11 Å². The first-order valence-electron chi connectivity index (χ1n) is 4.76. The molecule has 0 saturated heterocycles. The normalized spacial score (nSPS) is 10.5. The molecule has 2 aromatic rings. The lowest BCUT2D eigenvalue weighted by molar-refractivity contribution is 0.419. The van der Waals surface area contributed by atoms with Crippen LogP contribution >= 0.6 is 0 Å². The number of hydrogen-bond acceptors (Lipinski definition) is 1. The number of benzene rings is 2. The van der Waals surface area contributed by atoms with Crippen molar-refractivity contribution >= 4 is 10.8 Å². The molecule has 0 heterocycles. The van der Waals surface area contributed by atoms with Crippen LogP contribution in [0.2, 0.25) is 0 Å². The first kappa shape index (κ1) is 9.07. The highest BCUT2D eigenvalue weighted by molar-refractivity contribution is 5.89. The van der Waals surface area contributed by atoms with Crippen LogP contribution in [0, 0.1) is 13.8 Å². The van der Waals surface area contributed by atoms with E-state index >= 15 is 0 Å². The Hall–Kier alpha value is -1.50. The van der Waals surface area contributed by atoms with Gasteiger partial charge in [-0.1, -0.05) is 23.8 Å². The number of aryl methyl sites for hydroxylation is 2. The summed E-state index contributed by atoms with van der Waals surface area (Å²) in [6.45, 7) is 4.18. The molecular formula is C13H14O. The molecule has 1 nitrogen and oxygen atoms in total. The van der Waals surface area contributed by atoms with Crippen LogP contribution in [-0.2, 0) is 0 Å². The third-order valence-corrected chi connectivity index (χ3v) is 2.44. The summed E-state index contributed by atoms with van der Waals surface area (Å²) in [7, 11) is 1.72. The molecule has 72 valence electrons. The lowest BCUT2D eigenvalue weighted by atomic mass is 10.0. The molecule has 0 aliphatic carbocycles. The number of methoxy groups -OCH3 is 1. The van der Waals surface area contributed by atoms with Crippen LogP contribution in [0.1, 0.15) is 11.1 Å². The van der Waals surface area contributed by atoms with Crippen LogP contribution in [-0.4, -0.2) is 7.11 Å². The van der Waals surface area contributed by atoms with Crippen molar-refractivity contribution in [1.82, 2.24) is 0 Å². The fourth-order valence-corrected chi connectivity index (χ4v) is 1.75. The highest BCUT2D eigenvalue weighted by Gasteiger charge is 2.02. The molecule has 0 aliphatic rings. The van der Waals surface area contributed by atoms with Gasteiger partial charge in [-0.2, -0.15) is 0 Å². The van der Waals surface area contributed by atoms with Gasteiger partial charge >= 0.3 is 0 Å². The van der Waals surface area contributed by atoms with Gasteiger partial charge in [0, 0.05) is 5.39 Å². The lowest BCUT2D eigenvalue weighted by Crippen LogP contribution is -1.87. The van der Waals surface area contributed by atoms with E-state index in [1.165, 1.54) is 21.9 Å². The van der Waals surface area contributed by atoms with Gasteiger partial charge in [0.2, 0.25) is 0 Å². The monoisotopic (exact) mass is 186 g/mol.